The van der Waals surface area contributed by atoms with E-state index >= 15 is 4.39 Å². The van der Waals surface area contributed by atoms with Gasteiger partial charge in [-0.05, 0) is 61.4 Å². The molecule has 1 aliphatic heterocycles. The van der Waals surface area contributed by atoms with Gasteiger partial charge in [0, 0.05) is 34.1 Å². The van der Waals surface area contributed by atoms with Crippen LogP contribution in [0.1, 0.15) is 63.7 Å². The van der Waals surface area contributed by atoms with Gasteiger partial charge < -0.3 is 10.4 Å². The molecule has 144 valence electrons. The van der Waals surface area contributed by atoms with Gasteiger partial charge in [0.1, 0.15) is 11.4 Å². The van der Waals surface area contributed by atoms with Gasteiger partial charge >= 0.3 is 5.97 Å². The van der Waals surface area contributed by atoms with E-state index in [-0.39, 0.29) is 17.5 Å². The minimum atomic E-state index is -1.28. The molecule has 0 amide bonds. The Bertz CT molecular complexity index is 1220. The molecule has 7 heteroatoms. The second-order valence-corrected chi connectivity index (χ2v) is 8.82. The van der Waals surface area contributed by atoms with Crippen molar-refractivity contribution in [2.75, 3.05) is 0 Å². The number of nitrogens with zero attached hydrogens (tertiary/aromatic N) is 1. The Balaban J connectivity index is 1.82. The van der Waals surface area contributed by atoms with Crippen LogP contribution >= 0.6 is 11.3 Å². The van der Waals surface area contributed by atoms with Gasteiger partial charge in [0.15, 0.2) is 0 Å². The molecule has 5 rings (SSSR count). The van der Waals surface area contributed by atoms with Crippen LogP contribution in [0.5, 0.6) is 0 Å². The molecule has 2 N–H and O–H groups in total. The predicted molar refractivity (Wildman–Crippen MR) is 106 cm³/mol. The van der Waals surface area contributed by atoms with E-state index in [4.69, 9.17) is 0 Å². The highest BCUT2D eigenvalue weighted by atomic mass is 32.1. The number of nitrogens with one attached hydrogen (secondary N) is 1. The van der Waals surface area contributed by atoms with Gasteiger partial charge in [-0.2, -0.15) is 0 Å². The van der Waals surface area contributed by atoms with E-state index in [1.54, 1.807) is 11.3 Å². The quantitative estimate of drug-likeness (QED) is 0.693. The highest BCUT2D eigenvalue weighted by Crippen LogP contribution is 2.45. The zero-order chi connectivity index (χ0) is 19.7. The van der Waals surface area contributed by atoms with Crippen LogP contribution in [0.2, 0.25) is 0 Å². The highest BCUT2D eigenvalue weighted by molar-refractivity contribution is 7.15. The number of thiophene rings is 1. The summed E-state index contributed by atoms with van der Waals surface area (Å²) in [7, 11) is 0. The molecule has 28 heavy (non-hydrogen) atoms. The fraction of sp³-hybridized carbons (Fsp3) is 0.333. The van der Waals surface area contributed by atoms with E-state index in [1.807, 2.05) is 13.0 Å². The molecule has 0 saturated heterocycles. The molecule has 3 aromatic rings. The molecule has 1 unspecified atom stereocenters. The number of aromatic nitrogens is 1. The number of carboxylic acid groups (broad SMARTS) is 1. The first kappa shape index (κ1) is 17.6. The number of pyridine rings is 2. The van der Waals surface area contributed by atoms with E-state index in [9.17, 15) is 14.7 Å². The number of halogens is 1. The number of fused-ring (bicyclic) bond motifs is 2. The lowest BCUT2D eigenvalue weighted by molar-refractivity contribution is 0.0694. The summed E-state index contributed by atoms with van der Waals surface area (Å²) < 4.78 is 16.4. The summed E-state index contributed by atoms with van der Waals surface area (Å²) in [5, 5.41) is 12.8. The SMILES string of the molecule is Cc1c(-c2cc3c(s2)CNC3C)c(F)cn2c(=O)c(C(=O)O)cc(C3CC3)c12. The smallest absolute Gasteiger partial charge is 0.341 e. The first-order chi connectivity index (χ1) is 13.4. The molecule has 0 aromatic carbocycles. The third-order valence-electron chi connectivity index (χ3n) is 5.85. The lowest BCUT2D eigenvalue weighted by atomic mass is 9.99. The van der Waals surface area contributed by atoms with Crippen LogP contribution < -0.4 is 10.9 Å². The summed E-state index contributed by atoms with van der Waals surface area (Å²) in [5.41, 5.74) is 2.88. The standard InChI is InChI=1S/C21H19FN2O3S/c1-9-18(16-6-12-10(2)23-7-17(12)28-16)15(22)8-24-19(9)13(11-3-4-11)5-14(20(24)25)21(26)27/h5-6,8,10-11,23H,3-4,7H2,1-2H3,(H,26,27). The Hall–Kier alpha value is -2.51. The number of carbonyl (C=O) groups is 1. The number of hydrogen-bond acceptors (Lipinski definition) is 4. The largest absolute Gasteiger partial charge is 0.477 e. The summed E-state index contributed by atoms with van der Waals surface area (Å²) in [5.74, 6) is -1.56. The third-order valence-corrected chi connectivity index (χ3v) is 7.01. The van der Waals surface area contributed by atoms with Gasteiger partial charge in [-0.3, -0.25) is 9.20 Å². The minimum Gasteiger partial charge on any atom is -0.477 e. The Labute approximate surface area is 164 Å². The van der Waals surface area contributed by atoms with E-state index < -0.39 is 17.3 Å². The maximum Gasteiger partial charge on any atom is 0.341 e. The second kappa shape index (κ2) is 5.99. The van der Waals surface area contributed by atoms with Gasteiger partial charge in [0.2, 0.25) is 0 Å². The van der Waals surface area contributed by atoms with Crippen molar-refractivity contribution in [1.29, 1.82) is 0 Å². The van der Waals surface area contributed by atoms with Gasteiger partial charge in [-0.1, -0.05) is 0 Å². The van der Waals surface area contributed by atoms with E-state index in [1.165, 1.54) is 20.9 Å². The van der Waals surface area contributed by atoms with Crippen molar-refractivity contribution in [1.82, 2.24) is 9.72 Å². The molecule has 1 aliphatic carbocycles. The van der Waals surface area contributed by atoms with Gasteiger partial charge in [0.05, 0.1) is 5.52 Å². The first-order valence-corrected chi connectivity index (χ1v) is 10.2. The summed E-state index contributed by atoms with van der Waals surface area (Å²) in [6.07, 6.45) is 3.07. The molecule has 0 spiro atoms. The van der Waals surface area contributed by atoms with Crippen LogP contribution in [0.15, 0.2) is 23.1 Å². The fourth-order valence-corrected chi connectivity index (χ4v) is 5.55. The molecule has 4 heterocycles. The number of aromatic carboxylic acids is 1. The monoisotopic (exact) mass is 398 g/mol. The molecule has 3 aromatic heterocycles. The zero-order valence-electron chi connectivity index (χ0n) is 15.5. The molecule has 0 radical (unpaired) electrons. The van der Waals surface area contributed by atoms with Crippen LogP contribution in [0.4, 0.5) is 4.39 Å². The first-order valence-electron chi connectivity index (χ1n) is 9.34. The van der Waals surface area contributed by atoms with Crippen LogP contribution in [0.3, 0.4) is 0 Å². The van der Waals surface area contributed by atoms with Crippen molar-refractivity contribution in [3.8, 4) is 10.4 Å². The molecular weight excluding hydrogens is 379 g/mol. The molecule has 1 fully saturated rings. The topological polar surface area (TPSA) is 70.8 Å². The van der Waals surface area contributed by atoms with Gasteiger partial charge in [-0.15, -0.1) is 11.3 Å². The van der Waals surface area contributed by atoms with Crippen LogP contribution in [-0.2, 0) is 6.54 Å². The molecular formula is C21H19FN2O3S. The lowest BCUT2D eigenvalue weighted by Gasteiger charge is -2.15. The maximum absolute atomic E-state index is 15.2. The molecule has 1 saturated carbocycles. The predicted octanol–water partition coefficient (Wildman–Crippen LogP) is 4.22. The van der Waals surface area contributed by atoms with Crippen molar-refractivity contribution in [3.63, 3.8) is 0 Å². The summed E-state index contributed by atoms with van der Waals surface area (Å²) in [4.78, 5) is 26.3. The van der Waals surface area contributed by atoms with Crippen molar-refractivity contribution < 1.29 is 14.3 Å². The normalized spacial score (nSPS) is 18.6. The van der Waals surface area contributed by atoms with E-state index in [0.29, 0.717) is 16.6 Å². The van der Waals surface area contributed by atoms with Crippen LogP contribution in [-0.4, -0.2) is 15.5 Å². The molecule has 1 atom stereocenters. The Kier molecular flexibility index (Phi) is 3.76. The summed E-state index contributed by atoms with van der Waals surface area (Å²) in [6, 6.07) is 3.77. The molecule has 2 aliphatic rings. The number of aryl methyl sites for hydroxylation is 1. The van der Waals surface area contributed by atoms with Gasteiger partial charge in [-0.25, -0.2) is 9.18 Å². The average molecular weight is 398 g/mol. The summed E-state index contributed by atoms with van der Waals surface area (Å²) >= 11 is 1.57. The third kappa shape index (κ3) is 2.46. The van der Waals surface area contributed by atoms with Crippen LogP contribution in [0, 0.1) is 12.7 Å². The number of carboxylic acids is 1. The number of rotatable bonds is 3. The average Bonchev–Trinajstić information content (AvgIpc) is 3.31. The minimum absolute atomic E-state index is 0.225. The maximum atomic E-state index is 15.2. The van der Waals surface area contributed by atoms with E-state index in [0.717, 1.165) is 36.0 Å². The molecule has 5 nitrogen and oxygen atoms in total. The van der Waals surface area contributed by atoms with E-state index in [2.05, 4.69) is 12.2 Å². The highest BCUT2D eigenvalue weighted by Gasteiger charge is 2.31. The Morgan fingerprint density at radius 3 is 2.71 bits per heavy atom. The van der Waals surface area contributed by atoms with Crippen molar-refractivity contribution in [2.24, 2.45) is 0 Å². The second-order valence-electron chi connectivity index (χ2n) is 7.69. The summed E-state index contributed by atoms with van der Waals surface area (Å²) in [6.45, 7) is 4.69. The zero-order valence-corrected chi connectivity index (χ0v) is 16.3. The number of hydrogen-bond donors (Lipinski definition) is 2. The Morgan fingerprint density at radius 2 is 2.07 bits per heavy atom. The lowest BCUT2D eigenvalue weighted by Crippen LogP contribution is -2.24. The van der Waals surface area contributed by atoms with Crippen molar-refractivity contribution >= 4 is 22.8 Å². The van der Waals surface area contributed by atoms with Gasteiger partial charge in [0.25, 0.3) is 5.56 Å². The molecule has 0 bridgehead atoms. The van der Waals surface area contributed by atoms with Crippen LogP contribution in [0.25, 0.3) is 16.0 Å². The fourth-order valence-electron chi connectivity index (χ4n) is 4.24. The van der Waals surface area contributed by atoms with Crippen molar-refractivity contribution in [3.05, 3.63) is 61.6 Å². The van der Waals surface area contributed by atoms with Crippen molar-refractivity contribution in [2.45, 2.75) is 45.2 Å². The Morgan fingerprint density at radius 1 is 1.32 bits per heavy atom.